The number of hydrogen-bond acceptors (Lipinski definition) is 2. The summed E-state index contributed by atoms with van der Waals surface area (Å²) in [4.78, 5) is 10.8. The summed E-state index contributed by atoms with van der Waals surface area (Å²) in [7, 11) is 0. The monoisotopic (exact) mass is 172 g/mol. The summed E-state index contributed by atoms with van der Waals surface area (Å²) in [5, 5.41) is 18.6. The van der Waals surface area contributed by atoms with Gasteiger partial charge in [0, 0.05) is 0 Å². The number of carbonyl (C=O) groups is 1. The van der Waals surface area contributed by atoms with Gasteiger partial charge in [-0.15, -0.1) is 0 Å². The topological polar surface area (TPSA) is 57.5 Å². The summed E-state index contributed by atoms with van der Waals surface area (Å²) in [6, 6.07) is 0. The van der Waals surface area contributed by atoms with Crippen LogP contribution in [0.4, 0.5) is 0 Å². The molecule has 3 heteroatoms. The molecule has 0 heterocycles. The van der Waals surface area contributed by atoms with Crippen molar-refractivity contribution in [1.82, 2.24) is 0 Å². The molecule has 0 aromatic carbocycles. The second kappa shape index (κ2) is 3.44. The van der Waals surface area contributed by atoms with E-state index in [9.17, 15) is 9.90 Å². The van der Waals surface area contributed by atoms with Crippen molar-refractivity contribution in [2.24, 2.45) is 5.92 Å². The van der Waals surface area contributed by atoms with Gasteiger partial charge in [0.05, 0.1) is 0 Å². The third-order valence-corrected chi connectivity index (χ3v) is 2.88. The van der Waals surface area contributed by atoms with E-state index in [4.69, 9.17) is 5.11 Å². The van der Waals surface area contributed by atoms with Crippen LogP contribution in [0, 0.1) is 5.92 Å². The third kappa shape index (κ3) is 1.61. The Morgan fingerprint density at radius 1 is 1.42 bits per heavy atom. The van der Waals surface area contributed by atoms with Crippen LogP contribution in [0.1, 0.15) is 39.0 Å². The molecule has 70 valence electrons. The lowest BCUT2D eigenvalue weighted by molar-refractivity contribution is -0.165. The van der Waals surface area contributed by atoms with Crippen molar-refractivity contribution in [2.75, 3.05) is 0 Å². The van der Waals surface area contributed by atoms with Crippen molar-refractivity contribution in [3.63, 3.8) is 0 Å². The van der Waals surface area contributed by atoms with Crippen LogP contribution in [-0.2, 0) is 4.79 Å². The molecule has 12 heavy (non-hydrogen) atoms. The van der Waals surface area contributed by atoms with Crippen molar-refractivity contribution in [3.05, 3.63) is 0 Å². The first-order valence-electron chi connectivity index (χ1n) is 4.53. The largest absolute Gasteiger partial charge is 0.479 e. The van der Waals surface area contributed by atoms with Crippen molar-refractivity contribution < 1.29 is 15.0 Å². The zero-order chi connectivity index (χ0) is 9.19. The van der Waals surface area contributed by atoms with E-state index in [0.29, 0.717) is 6.42 Å². The second-order valence-corrected chi connectivity index (χ2v) is 3.73. The van der Waals surface area contributed by atoms with Gasteiger partial charge in [-0.25, -0.2) is 4.79 Å². The van der Waals surface area contributed by atoms with E-state index in [1.165, 1.54) is 0 Å². The Morgan fingerprint density at radius 2 is 2.08 bits per heavy atom. The van der Waals surface area contributed by atoms with E-state index in [-0.39, 0.29) is 5.92 Å². The Labute approximate surface area is 72.4 Å². The molecule has 0 radical (unpaired) electrons. The fraction of sp³-hybridized carbons (Fsp3) is 0.889. The second-order valence-electron chi connectivity index (χ2n) is 3.73. The maximum Gasteiger partial charge on any atom is 0.335 e. The summed E-state index contributed by atoms with van der Waals surface area (Å²) >= 11 is 0. The lowest BCUT2D eigenvalue weighted by atomic mass is 9.85. The van der Waals surface area contributed by atoms with Crippen molar-refractivity contribution in [2.45, 2.75) is 44.6 Å². The molecular weight excluding hydrogens is 156 g/mol. The fourth-order valence-corrected chi connectivity index (χ4v) is 1.82. The van der Waals surface area contributed by atoms with Crippen LogP contribution in [0.15, 0.2) is 0 Å². The first-order chi connectivity index (χ1) is 5.57. The molecular formula is C9H16O3. The van der Waals surface area contributed by atoms with Crippen LogP contribution in [0.3, 0.4) is 0 Å². The van der Waals surface area contributed by atoms with E-state index >= 15 is 0 Å². The van der Waals surface area contributed by atoms with Crippen LogP contribution in [0.25, 0.3) is 0 Å². The summed E-state index contributed by atoms with van der Waals surface area (Å²) in [5.74, 6) is -1.17. The smallest absolute Gasteiger partial charge is 0.335 e. The molecule has 2 unspecified atom stereocenters. The maximum absolute atomic E-state index is 10.8. The van der Waals surface area contributed by atoms with Crippen molar-refractivity contribution in [1.29, 1.82) is 0 Å². The highest BCUT2D eigenvalue weighted by molar-refractivity contribution is 5.77. The van der Waals surface area contributed by atoms with Gasteiger partial charge < -0.3 is 10.2 Å². The Bertz CT molecular complexity index is 179. The van der Waals surface area contributed by atoms with Crippen molar-refractivity contribution >= 4 is 5.97 Å². The lowest BCUT2D eigenvalue weighted by Gasteiger charge is -2.27. The van der Waals surface area contributed by atoms with Crippen LogP contribution < -0.4 is 0 Å². The summed E-state index contributed by atoms with van der Waals surface area (Å²) in [6.45, 7) is 1.82. The molecule has 0 bridgehead atoms. The average molecular weight is 172 g/mol. The molecule has 1 saturated carbocycles. The number of carboxylic acids is 1. The summed E-state index contributed by atoms with van der Waals surface area (Å²) < 4.78 is 0. The molecule has 0 amide bonds. The van der Waals surface area contributed by atoms with Crippen LogP contribution in [0.2, 0.25) is 0 Å². The van der Waals surface area contributed by atoms with Gasteiger partial charge >= 0.3 is 5.97 Å². The van der Waals surface area contributed by atoms with Gasteiger partial charge in [0.15, 0.2) is 5.60 Å². The highest BCUT2D eigenvalue weighted by atomic mass is 16.4. The SMILES string of the molecule is CC1CCCCCC1(O)C(=O)O. The predicted molar refractivity (Wildman–Crippen MR) is 44.8 cm³/mol. The Balaban J connectivity index is 2.75. The zero-order valence-electron chi connectivity index (χ0n) is 7.42. The fourth-order valence-electron chi connectivity index (χ4n) is 1.82. The molecule has 1 aliphatic carbocycles. The summed E-state index contributed by atoms with van der Waals surface area (Å²) in [6.07, 6.45) is 4.14. The van der Waals surface area contributed by atoms with Gasteiger partial charge in [0.1, 0.15) is 0 Å². The first kappa shape index (κ1) is 9.52. The Morgan fingerprint density at radius 3 is 2.67 bits per heavy atom. The first-order valence-corrected chi connectivity index (χ1v) is 4.53. The molecule has 2 N–H and O–H groups in total. The maximum atomic E-state index is 10.8. The lowest BCUT2D eigenvalue weighted by Crippen LogP contribution is -2.43. The average Bonchev–Trinajstić information content (AvgIpc) is 2.16. The Hall–Kier alpha value is -0.570. The molecule has 1 fully saturated rings. The van der Waals surface area contributed by atoms with E-state index in [2.05, 4.69) is 0 Å². The number of carboxylic acid groups (broad SMARTS) is 1. The molecule has 0 saturated heterocycles. The number of aliphatic carboxylic acids is 1. The normalized spacial score (nSPS) is 37.3. The van der Waals surface area contributed by atoms with Gasteiger partial charge in [-0.3, -0.25) is 0 Å². The minimum atomic E-state index is -1.46. The molecule has 2 atom stereocenters. The quantitative estimate of drug-likeness (QED) is 0.588. The van der Waals surface area contributed by atoms with Gasteiger partial charge in [-0.05, 0) is 25.2 Å². The van der Waals surface area contributed by atoms with E-state index in [0.717, 1.165) is 25.7 Å². The zero-order valence-corrected chi connectivity index (χ0v) is 7.42. The van der Waals surface area contributed by atoms with Crippen molar-refractivity contribution in [3.8, 4) is 0 Å². The molecule has 1 rings (SSSR count). The number of hydrogen-bond donors (Lipinski definition) is 2. The van der Waals surface area contributed by atoms with E-state index in [1.54, 1.807) is 0 Å². The van der Waals surface area contributed by atoms with Crippen LogP contribution in [-0.4, -0.2) is 21.8 Å². The third-order valence-electron chi connectivity index (χ3n) is 2.88. The van der Waals surface area contributed by atoms with Gasteiger partial charge in [0.25, 0.3) is 0 Å². The van der Waals surface area contributed by atoms with E-state index < -0.39 is 11.6 Å². The molecule has 1 aliphatic rings. The van der Waals surface area contributed by atoms with Gasteiger partial charge in [-0.1, -0.05) is 19.8 Å². The molecule has 3 nitrogen and oxygen atoms in total. The van der Waals surface area contributed by atoms with Gasteiger partial charge in [0.2, 0.25) is 0 Å². The molecule has 0 aromatic heterocycles. The predicted octanol–water partition coefficient (Wildman–Crippen LogP) is 1.40. The minimum absolute atomic E-state index is 0.113. The van der Waals surface area contributed by atoms with Crippen LogP contribution in [0.5, 0.6) is 0 Å². The minimum Gasteiger partial charge on any atom is -0.479 e. The standard InChI is InChI=1S/C9H16O3/c1-7-5-3-2-4-6-9(7,12)8(10)11/h7,12H,2-6H2,1H3,(H,10,11). The summed E-state index contributed by atoms with van der Waals surface area (Å²) in [5.41, 5.74) is -1.46. The molecule has 0 aliphatic heterocycles. The molecule has 0 spiro atoms. The molecule has 0 aromatic rings. The highest BCUT2D eigenvalue weighted by Gasteiger charge is 2.41. The number of rotatable bonds is 1. The van der Waals surface area contributed by atoms with E-state index in [1.807, 2.05) is 6.92 Å². The highest BCUT2D eigenvalue weighted by Crippen LogP contribution is 2.32. The van der Waals surface area contributed by atoms with Gasteiger partial charge in [-0.2, -0.15) is 0 Å². The Kier molecular flexibility index (Phi) is 2.73. The number of aliphatic hydroxyl groups is 1. The van der Waals surface area contributed by atoms with Crippen LogP contribution >= 0.6 is 0 Å².